The van der Waals surface area contributed by atoms with Gasteiger partial charge in [0.2, 0.25) is 0 Å². The lowest BCUT2D eigenvalue weighted by Gasteiger charge is -1.93. The molecule has 0 amide bonds. The highest BCUT2D eigenvalue weighted by Gasteiger charge is 1.96. The van der Waals surface area contributed by atoms with E-state index in [0.29, 0.717) is 29.1 Å². The number of nitrogens with zero attached hydrogens (tertiary/aromatic N) is 1. The molecule has 0 saturated carbocycles. The average Bonchev–Trinajstić information content (AvgIpc) is 2.28. The van der Waals surface area contributed by atoms with Crippen molar-refractivity contribution in [3.05, 3.63) is 34.9 Å². The van der Waals surface area contributed by atoms with Gasteiger partial charge in [-0.1, -0.05) is 36.9 Å². The van der Waals surface area contributed by atoms with Crippen molar-refractivity contribution >= 4 is 11.6 Å². The molecule has 0 heterocycles. The van der Waals surface area contributed by atoms with E-state index in [9.17, 15) is 0 Å². The highest BCUT2D eigenvalue weighted by molar-refractivity contribution is 6.31. The first kappa shape index (κ1) is 14.5. The molecule has 84 valence electrons. The van der Waals surface area contributed by atoms with Crippen molar-refractivity contribution in [1.29, 1.82) is 5.26 Å². The zero-order chi connectivity index (χ0) is 12.4. The summed E-state index contributed by atoms with van der Waals surface area (Å²) in [7, 11) is 1.83. The van der Waals surface area contributed by atoms with Gasteiger partial charge in [0.05, 0.1) is 17.6 Å². The van der Waals surface area contributed by atoms with Crippen molar-refractivity contribution in [3.8, 4) is 17.9 Å². The van der Waals surface area contributed by atoms with Crippen LogP contribution in [-0.2, 0) is 0 Å². The molecule has 16 heavy (non-hydrogen) atoms. The van der Waals surface area contributed by atoms with Gasteiger partial charge in [0.15, 0.2) is 0 Å². The summed E-state index contributed by atoms with van der Waals surface area (Å²) in [6, 6.07) is 2.05. The van der Waals surface area contributed by atoms with Gasteiger partial charge in [-0.25, -0.2) is 0 Å². The molecule has 3 heteroatoms. The quantitative estimate of drug-likeness (QED) is 0.461. The molecule has 0 atom stereocenters. The molecule has 0 radical (unpaired) electrons. The van der Waals surface area contributed by atoms with Crippen LogP contribution >= 0.6 is 11.6 Å². The SMILES string of the molecule is C=C(C#CCNC)/C=C\C(Cl)=C(\C#N)CC. The number of halogens is 1. The average molecular weight is 235 g/mol. The minimum absolute atomic E-state index is 0.446. The van der Waals surface area contributed by atoms with Crippen molar-refractivity contribution in [1.82, 2.24) is 5.32 Å². The summed E-state index contributed by atoms with van der Waals surface area (Å²) in [6.45, 7) is 6.26. The Hall–Kier alpha value is -1.48. The molecule has 0 aromatic rings. The predicted molar refractivity (Wildman–Crippen MR) is 68.8 cm³/mol. The summed E-state index contributed by atoms with van der Waals surface area (Å²) < 4.78 is 0. The molecule has 0 aromatic carbocycles. The lowest BCUT2D eigenvalue weighted by atomic mass is 10.2. The summed E-state index contributed by atoms with van der Waals surface area (Å²) in [4.78, 5) is 0. The van der Waals surface area contributed by atoms with Crippen molar-refractivity contribution in [2.24, 2.45) is 0 Å². The van der Waals surface area contributed by atoms with Crippen LogP contribution < -0.4 is 5.32 Å². The van der Waals surface area contributed by atoms with Crippen LogP contribution in [-0.4, -0.2) is 13.6 Å². The first-order valence-electron chi connectivity index (χ1n) is 4.94. The second-order valence-corrected chi connectivity index (χ2v) is 3.39. The monoisotopic (exact) mass is 234 g/mol. The number of nitrogens with one attached hydrogen (secondary N) is 1. The predicted octanol–water partition coefficient (Wildman–Crippen LogP) is 2.75. The smallest absolute Gasteiger partial charge is 0.0962 e. The fourth-order valence-corrected chi connectivity index (χ4v) is 1.10. The van der Waals surface area contributed by atoms with Crippen LogP contribution in [0.4, 0.5) is 0 Å². The van der Waals surface area contributed by atoms with Crippen LogP contribution in [0.1, 0.15) is 13.3 Å². The number of allylic oxidation sites excluding steroid dienone is 5. The van der Waals surface area contributed by atoms with E-state index in [1.807, 2.05) is 20.0 Å². The maximum Gasteiger partial charge on any atom is 0.0962 e. The first-order chi connectivity index (χ1) is 7.65. The molecule has 0 saturated heterocycles. The fourth-order valence-electron chi connectivity index (χ4n) is 0.863. The van der Waals surface area contributed by atoms with Crippen molar-refractivity contribution in [2.45, 2.75) is 13.3 Å². The normalized spacial score (nSPS) is 11.4. The van der Waals surface area contributed by atoms with Gasteiger partial charge >= 0.3 is 0 Å². The van der Waals surface area contributed by atoms with Crippen molar-refractivity contribution < 1.29 is 0 Å². The maximum absolute atomic E-state index is 8.75. The van der Waals surface area contributed by atoms with Crippen LogP contribution in [0.25, 0.3) is 0 Å². The Balaban J connectivity index is 4.53. The minimum atomic E-state index is 0.446. The largest absolute Gasteiger partial charge is 0.309 e. The zero-order valence-electron chi connectivity index (χ0n) is 9.60. The lowest BCUT2D eigenvalue weighted by molar-refractivity contribution is 0.938. The Kier molecular flexibility index (Phi) is 7.98. The van der Waals surface area contributed by atoms with E-state index in [1.54, 1.807) is 12.2 Å². The highest BCUT2D eigenvalue weighted by Crippen LogP contribution is 2.14. The minimum Gasteiger partial charge on any atom is -0.309 e. The van der Waals surface area contributed by atoms with Gasteiger partial charge in [0, 0.05) is 11.1 Å². The molecule has 0 aliphatic rings. The topological polar surface area (TPSA) is 35.8 Å². The van der Waals surface area contributed by atoms with E-state index in [2.05, 4.69) is 23.7 Å². The van der Waals surface area contributed by atoms with Crippen LogP contribution in [0.5, 0.6) is 0 Å². The highest BCUT2D eigenvalue weighted by atomic mass is 35.5. The molecule has 0 rings (SSSR count). The lowest BCUT2D eigenvalue weighted by Crippen LogP contribution is -2.04. The van der Waals surface area contributed by atoms with Gasteiger partial charge in [0.1, 0.15) is 0 Å². The summed E-state index contributed by atoms with van der Waals surface area (Å²) in [5.41, 5.74) is 1.23. The third-order valence-corrected chi connectivity index (χ3v) is 2.08. The Bertz CT molecular complexity index is 400. The van der Waals surface area contributed by atoms with Crippen molar-refractivity contribution in [2.75, 3.05) is 13.6 Å². The van der Waals surface area contributed by atoms with Crippen LogP contribution in [0.15, 0.2) is 34.9 Å². The number of rotatable bonds is 4. The Morgan fingerprint density at radius 2 is 2.19 bits per heavy atom. The molecular weight excluding hydrogens is 220 g/mol. The first-order valence-corrected chi connectivity index (χ1v) is 5.32. The Labute approximate surface area is 102 Å². The van der Waals surface area contributed by atoms with Gasteiger partial charge in [-0.2, -0.15) is 5.26 Å². The van der Waals surface area contributed by atoms with E-state index >= 15 is 0 Å². The molecule has 0 aliphatic heterocycles. The molecule has 2 nitrogen and oxygen atoms in total. The fraction of sp³-hybridized carbons (Fsp3) is 0.308. The van der Waals surface area contributed by atoms with Crippen LogP contribution in [0.3, 0.4) is 0 Å². The summed E-state index contributed by atoms with van der Waals surface area (Å²) in [6.07, 6.45) is 3.98. The van der Waals surface area contributed by atoms with Gasteiger partial charge in [-0.15, -0.1) is 0 Å². The van der Waals surface area contributed by atoms with Gasteiger partial charge in [-0.05, 0) is 25.6 Å². The standard InChI is InChI=1S/C13H15ClN2/c1-4-12(10-15)13(14)8-7-11(2)6-5-9-16-3/h7-8,16H,2,4,9H2,1,3H3/b8-7-,13-12-. The van der Waals surface area contributed by atoms with Crippen LogP contribution in [0.2, 0.25) is 0 Å². The molecule has 0 unspecified atom stereocenters. The Morgan fingerprint density at radius 1 is 1.50 bits per heavy atom. The van der Waals surface area contributed by atoms with E-state index in [0.717, 1.165) is 0 Å². The number of nitriles is 1. The van der Waals surface area contributed by atoms with Gasteiger partial charge < -0.3 is 5.32 Å². The second kappa shape index (κ2) is 8.80. The van der Waals surface area contributed by atoms with Crippen molar-refractivity contribution in [3.63, 3.8) is 0 Å². The molecule has 0 aromatic heterocycles. The molecule has 0 fully saturated rings. The molecule has 0 bridgehead atoms. The van der Waals surface area contributed by atoms with E-state index in [-0.39, 0.29) is 0 Å². The van der Waals surface area contributed by atoms with Gasteiger partial charge in [-0.3, -0.25) is 0 Å². The number of hydrogen-bond acceptors (Lipinski definition) is 2. The van der Waals surface area contributed by atoms with E-state index in [4.69, 9.17) is 16.9 Å². The molecule has 0 aliphatic carbocycles. The maximum atomic E-state index is 8.75. The van der Waals surface area contributed by atoms with Crippen LogP contribution in [0, 0.1) is 23.2 Å². The second-order valence-electron chi connectivity index (χ2n) is 2.98. The number of hydrogen-bond donors (Lipinski definition) is 1. The summed E-state index contributed by atoms with van der Waals surface area (Å²) in [5, 5.41) is 12.1. The summed E-state index contributed by atoms with van der Waals surface area (Å²) >= 11 is 5.92. The molecule has 0 spiro atoms. The molecule has 1 N–H and O–H groups in total. The third-order valence-electron chi connectivity index (χ3n) is 1.72. The Morgan fingerprint density at radius 3 is 2.69 bits per heavy atom. The van der Waals surface area contributed by atoms with Gasteiger partial charge in [0.25, 0.3) is 0 Å². The summed E-state index contributed by atoms with van der Waals surface area (Å²) in [5.74, 6) is 5.74. The zero-order valence-corrected chi connectivity index (χ0v) is 10.4. The third kappa shape index (κ3) is 6.09. The molecular formula is C13H15ClN2. The van der Waals surface area contributed by atoms with E-state index < -0.39 is 0 Å². The van der Waals surface area contributed by atoms with E-state index in [1.165, 1.54) is 0 Å².